The van der Waals surface area contributed by atoms with Gasteiger partial charge < -0.3 is 19.3 Å². The van der Waals surface area contributed by atoms with Crippen molar-refractivity contribution in [3.8, 4) is 22.8 Å². The lowest BCUT2D eigenvalue weighted by Crippen LogP contribution is -2.54. The van der Waals surface area contributed by atoms with E-state index in [1.165, 1.54) is 18.5 Å². The van der Waals surface area contributed by atoms with Crippen LogP contribution in [0.5, 0.6) is 11.5 Å². The first-order chi connectivity index (χ1) is 15.2. The smallest absolute Gasteiger partial charge is 0.267 e. The number of para-hydroxylation sites is 2. The molecule has 0 N–H and O–H groups in total. The van der Waals surface area contributed by atoms with Gasteiger partial charge in [-0.3, -0.25) is 4.79 Å². The van der Waals surface area contributed by atoms with Crippen LogP contribution in [0, 0.1) is 5.82 Å². The Morgan fingerprint density at radius 3 is 2.48 bits per heavy atom. The summed E-state index contributed by atoms with van der Waals surface area (Å²) in [5.74, 6) is 1.70. The van der Waals surface area contributed by atoms with Gasteiger partial charge in [-0.1, -0.05) is 12.1 Å². The molecule has 0 aliphatic carbocycles. The number of benzene rings is 2. The number of amides is 1. The quantitative estimate of drug-likeness (QED) is 0.649. The average Bonchev–Trinajstić information content (AvgIpc) is 2.84. The van der Waals surface area contributed by atoms with E-state index in [-0.39, 0.29) is 18.3 Å². The first-order valence-electron chi connectivity index (χ1n) is 10.2. The lowest BCUT2D eigenvalue weighted by Gasteiger charge is -2.37. The number of anilines is 1. The summed E-state index contributed by atoms with van der Waals surface area (Å²) in [6.45, 7) is 2.64. The fraction of sp³-hybridized carbons (Fsp3) is 0.261. The molecule has 1 aromatic heterocycles. The van der Waals surface area contributed by atoms with Crippen molar-refractivity contribution in [2.45, 2.75) is 6.10 Å². The third-order valence-corrected chi connectivity index (χ3v) is 5.49. The summed E-state index contributed by atoms with van der Waals surface area (Å²) in [5, 5.41) is 0. The predicted octanol–water partition coefficient (Wildman–Crippen LogP) is 2.77. The highest BCUT2D eigenvalue weighted by atomic mass is 19.1. The van der Waals surface area contributed by atoms with Crippen LogP contribution in [-0.2, 0) is 4.79 Å². The average molecular weight is 420 g/mol. The summed E-state index contributed by atoms with van der Waals surface area (Å²) in [6.07, 6.45) is 0.876. The minimum atomic E-state index is -0.634. The molecule has 0 saturated carbocycles. The summed E-state index contributed by atoms with van der Waals surface area (Å²) < 4.78 is 24.7. The van der Waals surface area contributed by atoms with Gasteiger partial charge in [-0.2, -0.15) is 0 Å². The number of aromatic nitrogens is 2. The molecule has 0 spiro atoms. The first-order valence-corrected chi connectivity index (χ1v) is 10.2. The molecule has 1 atom stereocenters. The van der Waals surface area contributed by atoms with E-state index in [4.69, 9.17) is 9.47 Å². The van der Waals surface area contributed by atoms with Crippen LogP contribution < -0.4 is 14.4 Å². The van der Waals surface area contributed by atoms with Crippen molar-refractivity contribution in [1.29, 1.82) is 0 Å². The van der Waals surface area contributed by atoms with E-state index < -0.39 is 6.10 Å². The molecule has 1 saturated heterocycles. The second-order valence-corrected chi connectivity index (χ2v) is 7.44. The molecule has 1 amide bonds. The van der Waals surface area contributed by atoms with Crippen LogP contribution in [0.2, 0.25) is 0 Å². The molecule has 2 aliphatic rings. The lowest BCUT2D eigenvalue weighted by atomic mass is 10.1. The third-order valence-electron chi connectivity index (χ3n) is 5.49. The van der Waals surface area contributed by atoms with Gasteiger partial charge in [0.15, 0.2) is 11.5 Å². The van der Waals surface area contributed by atoms with Gasteiger partial charge in [0, 0.05) is 37.8 Å². The monoisotopic (exact) mass is 420 g/mol. The Morgan fingerprint density at radius 2 is 1.71 bits per heavy atom. The lowest BCUT2D eigenvalue weighted by molar-refractivity contribution is -0.141. The van der Waals surface area contributed by atoms with Crippen LogP contribution in [0.15, 0.2) is 60.9 Å². The fourth-order valence-corrected chi connectivity index (χ4v) is 3.80. The van der Waals surface area contributed by atoms with E-state index in [1.807, 2.05) is 24.3 Å². The first kappa shape index (κ1) is 19.3. The number of hydrogen-bond acceptors (Lipinski definition) is 6. The van der Waals surface area contributed by atoms with Gasteiger partial charge in [0.05, 0.1) is 5.69 Å². The molecular weight excluding hydrogens is 399 g/mol. The molecule has 2 aliphatic heterocycles. The molecule has 31 heavy (non-hydrogen) atoms. The highest BCUT2D eigenvalue weighted by Crippen LogP contribution is 2.31. The van der Waals surface area contributed by atoms with Crippen molar-refractivity contribution < 1.29 is 18.7 Å². The maximum absolute atomic E-state index is 13.2. The summed E-state index contributed by atoms with van der Waals surface area (Å²) in [5.41, 5.74) is 1.56. The van der Waals surface area contributed by atoms with Gasteiger partial charge in [-0.25, -0.2) is 14.4 Å². The molecular formula is C23H21FN4O3. The Balaban J connectivity index is 1.22. The topological polar surface area (TPSA) is 67.8 Å². The number of ether oxygens (including phenoxy) is 2. The molecule has 1 fully saturated rings. The van der Waals surface area contributed by atoms with Crippen molar-refractivity contribution in [1.82, 2.24) is 14.9 Å². The number of carbonyl (C=O) groups is 1. The molecule has 7 nitrogen and oxygen atoms in total. The Morgan fingerprint density at radius 1 is 0.968 bits per heavy atom. The van der Waals surface area contributed by atoms with E-state index in [9.17, 15) is 9.18 Å². The fourth-order valence-electron chi connectivity index (χ4n) is 3.80. The molecule has 0 bridgehead atoms. The summed E-state index contributed by atoms with van der Waals surface area (Å²) in [6, 6.07) is 15.5. The van der Waals surface area contributed by atoms with E-state index >= 15 is 0 Å². The van der Waals surface area contributed by atoms with Gasteiger partial charge in [-0.15, -0.1) is 0 Å². The largest absolute Gasteiger partial charge is 0.485 e. The van der Waals surface area contributed by atoms with Gasteiger partial charge in [0.2, 0.25) is 6.10 Å². The van der Waals surface area contributed by atoms with E-state index in [1.54, 1.807) is 23.1 Å². The molecule has 158 valence electrons. The van der Waals surface area contributed by atoms with Crippen molar-refractivity contribution in [3.05, 3.63) is 66.7 Å². The highest BCUT2D eigenvalue weighted by Gasteiger charge is 2.32. The second kappa shape index (κ2) is 8.22. The SMILES string of the molecule is O=C(C1COc2ccccc2O1)N1CCN(c2cc(-c3ccc(F)cc3)ncn2)CC1. The third kappa shape index (κ3) is 4.01. The summed E-state index contributed by atoms with van der Waals surface area (Å²) in [4.78, 5) is 25.5. The summed E-state index contributed by atoms with van der Waals surface area (Å²) in [7, 11) is 0. The Bertz CT molecular complexity index is 1080. The molecule has 8 heteroatoms. The van der Waals surface area contributed by atoms with Crippen LogP contribution in [0.4, 0.5) is 10.2 Å². The Kier molecular flexibility index (Phi) is 5.11. The number of hydrogen-bond donors (Lipinski definition) is 0. The maximum Gasteiger partial charge on any atom is 0.267 e. The van der Waals surface area contributed by atoms with Gasteiger partial charge in [-0.05, 0) is 36.4 Å². The molecule has 5 rings (SSSR count). The second-order valence-electron chi connectivity index (χ2n) is 7.44. The van der Waals surface area contributed by atoms with E-state index in [0.717, 1.165) is 17.1 Å². The maximum atomic E-state index is 13.2. The van der Waals surface area contributed by atoms with E-state index in [2.05, 4.69) is 14.9 Å². The number of fused-ring (bicyclic) bond motifs is 1. The Hall–Kier alpha value is -3.68. The zero-order valence-electron chi connectivity index (χ0n) is 16.8. The number of carbonyl (C=O) groups excluding carboxylic acids is 1. The molecule has 1 unspecified atom stereocenters. The van der Waals surface area contributed by atoms with Gasteiger partial charge >= 0.3 is 0 Å². The normalized spacial score (nSPS) is 18.0. The number of rotatable bonds is 3. The van der Waals surface area contributed by atoms with Gasteiger partial charge in [0.1, 0.15) is 24.6 Å². The van der Waals surface area contributed by atoms with E-state index in [0.29, 0.717) is 37.7 Å². The van der Waals surface area contributed by atoms with Gasteiger partial charge in [0.25, 0.3) is 5.91 Å². The minimum absolute atomic E-state index is 0.0659. The zero-order chi connectivity index (χ0) is 21.2. The van der Waals surface area contributed by atoms with Crippen molar-refractivity contribution >= 4 is 11.7 Å². The minimum Gasteiger partial charge on any atom is -0.485 e. The van der Waals surface area contributed by atoms with Crippen molar-refractivity contribution in [3.63, 3.8) is 0 Å². The van der Waals surface area contributed by atoms with Crippen LogP contribution in [0.25, 0.3) is 11.3 Å². The van der Waals surface area contributed by atoms with Crippen molar-refractivity contribution in [2.24, 2.45) is 0 Å². The predicted molar refractivity (Wildman–Crippen MR) is 113 cm³/mol. The number of halogens is 1. The van der Waals surface area contributed by atoms with Crippen LogP contribution in [0.3, 0.4) is 0 Å². The van der Waals surface area contributed by atoms with Crippen LogP contribution in [-0.4, -0.2) is 59.7 Å². The molecule has 3 heterocycles. The van der Waals surface area contributed by atoms with Crippen molar-refractivity contribution in [2.75, 3.05) is 37.7 Å². The van der Waals surface area contributed by atoms with Crippen LogP contribution in [0.1, 0.15) is 0 Å². The van der Waals surface area contributed by atoms with Crippen LogP contribution >= 0.6 is 0 Å². The number of piperazine rings is 1. The molecule has 3 aromatic rings. The highest BCUT2D eigenvalue weighted by molar-refractivity contribution is 5.82. The standard InChI is InChI=1S/C23H21FN4O3/c24-17-7-5-16(6-8-17)18-13-22(26-15-25-18)27-9-11-28(12-10-27)23(29)21-14-30-19-3-1-2-4-20(19)31-21/h1-8,13,15,21H,9-12,14H2. The molecule has 0 radical (unpaired) electrons. The Labute approximate surface area is 179 Å². The molecule has 2 aromatic carbocycles. The number of nitrogens with zero attached hydrogens (tertiary/aromatic N) is 4. The zero-order valence-corrected chi connectivity index (χ0v) is 16.8. The summed E-state index contributed by atoms with van der Waals surface area (Å²) >= 11 is 0.